The number of furan rings is 2. The van der Waals surface area contributed by atoms with Gasteiger partial charge in [-0.05, 0) is 73.4 Å². The van der Waals surface area contributed by atoms with E-state index in [9.17, 15) is 9.59 Å². The molecule has 186 valence electrons. The number of alkyl halides is 1. The fraction of sp³-hybridized carbons (Fsp3) is 0.276. The van der Waals surface area contributed by atoms with Crippen LogP contribution in [0, 0.1) is 6.92 Å². The summed E-state index contributed by atoms with van der Waals surface area (Å²) in [6, 6.07) is 17.6. The van der Waals surface area contributed by atoms with Crippen LogP contribution in [0.15, 0.2) is 76.0 Å². The molecule has 0 saturated carbocycles. The smallest absolute Gasteiger partial charge is 0.140 e. The molecule has 36 heavy (non-hydrogen) atoms. The minimum Gasteiger partial charge on any atom is -0.464 e. The highest BCUT2D eigenvalue weighted by atomic mass is 35.5. The van der Waals surface area contributed by atoms with Crippen LogP contribution in [0.2, 0.25) is 0 Å². The molecule has 0 aliphatic carbocycles. The molecule has 7 heteroatoms. The number of carbonyl (C=O) groups excluding carboxylic acids is 2. The van der Waals surface area contributed by atoms with Gasteiger partial charge < -0.3 is 8.83 Å². The molecular weight excluding hydrogens is 476 g/mol. The molecule has 5 rings (SSSR count). The van der Waals surface area contributed by atoms with Crippen molar-refractivity contribution in [3.05, 3.63) is 89.6 Å². The first-order valence-corrected chi connectivity index (χ1v) is 12.5. The van der Waals surface area contributed by atoms with Crippen molar-refractivity contribution in [2.45, 2.75) is 44.9 Å². The Morgan fingerprint density at radius 3 is 1.78 bits per heavy atom. The van der Waals surface area contributed by atoms with Crippen LogP contribution in [0.3, 0.4) is 0 Å². The van der Waals surface area contributed by atoms with Gasteiger partial charge in [0, 0.05) is 30.7 Å². The molecule has 3 aromatic heterocycles. The second kappa shape index (κ2) is 11.9. The Balaban J connectivity index is 0.000000286. The summed E-state index contributed by atoms with van der Waals surface area (Å²) >= 11 is 5.58. The third-order valence-electron chi connectivity index (χ3n) is 6.05. The largest absolute Gasteiger partial charge is 0.464 e. The number of fused-ring (bicyclic) bond motifs is 2. The molecular formula is C29H29ClN2O4. The molecule has 0 atom stereocenters. The van der Waals surface area contributed by atoms with Crippen molar-refractivity contribution >= 4 is 45.1 Å². The molecule has 2 aromatic carbocycles. The van der Waals surface area contributed by atoms with Gasteiger partial charge in [-0.25, -0.2) is 0 Å². The first-order chi connectivity index (χ1) is 17.4. The lowest BCUT2D eigenvalue weighted by Crippen LogP contribution is -2.09. The van der Waals surface area contributed by atoms with Gasteiger partial charge in [0.15, 0.2) is 0 Å². The summed E-state index contributed by atoms with van der Waals surface area (Å²) in [5, 5.41) is 6.18. The average molecular weight is 505 g/mol. The monoisotopic (exact) mass is 504 g/mol. The highest BCUT2D eigenvalue weighted by Crippen LogP contribution is 2.19. The number of rotatable bonds is 9. The van der Waals surface area contributed by atoms with Gasteiger partial charge in [0.1, 0.15) is 22.7 Å². The fourth-order valence-corrected chi connectivity index (χ4v) is 4.35. The summed E-state index contributed by atoms with van der Waals surface area (Å²) < 4.78 is 12.4. The molecule has 0 unspecified atom stereocenters. The van der Waals surface area contributed by atoms with Crippen LogP contribution in [0.4, 0.5) is 0 Å². The number of carbonyl (C=O) groups is 2. The third kappa shape index (κ3) is 6.73. The summed E-state index contributed by atoms with van der Waals surface area (Å²) in [7, 11) is 1.89. The Bertz CT molecular complexity index is 1390. The molecule has 0 aliphatic heterocycles. The minimum atomic E-state index is -0.00224. The maximum absolute atomic E-state index is 12.1. The second-order valence-electron chi connectivity index (χ2n) is 8.87. The molecule has 0 radical (unpaired) electrons. The number of hydrogen-bond acceptors (Lipinski definition) is 5. The lowest BCUT2D eigenvalue weighted by molar-refractivity contribution is -0.126. The highest BCUT2D eigenvalue weighted by molar-refractivity contribution is 6.16. The van der Waals surface area contributed by atoms with Gasteiger partial charge in [-0.1, -0.05) is 12.1 Å². The number of Topliss-reactive ketones (excluding diaryl/α,β-unsaturated/α-hetero) is 2. The highest BCUT2D eigenvalue weighted by Gasteiger charge is 2.11. The summed E-state index contributed by atoms with van der Waals surface area (Å²) in [4.78, 5) is 24.3. The third-order valence-corrected chi connectivity index (χ3v) is 6.32. The standard InChI is InChI=1S/C23H20O4.C6H9ClN2/c24-20(5-1-16-3-7-22-18(13-16)9-11-26-22)15-21(25)6-2-17-4-8-23-19(14-17)10-12-27-23;1-5-3-6(4-7)9(2)8-5/h3-4,7-14H,1-2,5-6,15H2;3H,4H2,1-2H3. The van der Waals surface area contributed by atoms with E-state index in [2.05, 4.69) is 5.10 Å². The Morgan fingerprint density at radius 2 is 1.36 bits per heavy atom. The minimum absolute atomic E-state index is 0.00224. The van der Waals surface area contributed by atoms with Crippen molar-refractivity contribution in [1.82, 2.24) is 9.78 Å². The van der Waals surface area contributed by atoms with Gasteiger partial charge in [-0.2, -0.15) is 5.10 Å². The number of hydrogen-bond donors (Lipinski definition) is 0. The Hall–Kier alpha value is -3.64. The van der Waals surface area contributed by atoms with Crippen LogP contribution in [0.25, 0.3) is 21.9 Å². The van der Waals surface area contributed by atoms with E-state index in [0.29, 0.717) is 31.6 Å². The van der Waals surface area contributed by atoms with Crippen molar-refractivity contribution < 1.29 is 18.4 Å². The van der Waals surface area contributed by atoms with Crippen LogP contribution in [0.1, 0.15) is 41.8 Å². The van der Waals surface area contributed by atoms with Crippen molar-refractivity contribution in [3.8, 4) is 0 Å². The van der Waals surface area contributed by atoms with Gasteiger partial charge in [-0.15, -0.1) is 11.6 Å². The van der Waals surface area contributed by atoms with Gasteiger partial charge in [0.05, 0.1) is 36.2 Å². The molecule has 0 N–H and O–H groups in total. The van der Waals surface area contributed by atoms with E-state index < -0.39 is 0 Å². The van der Waals surface area contributed by atoms with Crippen molar-refractivity contribution in [3.63, 3.8) is 0 Å². The quantitative estimate of drug-likeness (QED) is 0.164. The zero-order valence-corrected chi connectivity index (χ0v) is 21.3. The molecule has 5 aromatic rings. The summed E-state index contributed by atoms with van der Waals surface area (Å²) in [6.45, 7) is 1.95. The van der Waals surface area contributed by atoms with Crippen molar-refractivity contribution in [1.29, 1.82) is 0 Å². The fourth-order valence-electron chi connectivity index (χ4n) is 4.10. The predicted molar refractivity (Wildman–Crippen MR) is 141 cm³/mol. The molecule has 0 aliphatic rings. The Labute approximate surface area is 214 Å². The van der Waals surface area contributed by atoms with E-state index in [1.165, 1.54) is 0 Å². The average Bonchev–Trinajstić information content (AvgIpc) is 3.60. The van der Waals surface area contributed by atoms with E-state index in [0.717, 1.165) is 44.5 Å². The van der Waals surface area contributed by atoms with Crippen LogP contribution in [0.5, 0.6) is 0 Å². The SMILES string of the molecule is Cc1cc(CCl)n(C)n1.O=C(CCc1ccc2occc2c1)CC(=O)CCc1ccc2occc2c1. The number of ketones is 2. The zero-order chi connectivity index (χ0) is 25.5. The summed E-state index contributed by atoms with van der Waals surface area (Å²) in [5.41, 5.74) is 5.93. The van der Waals surface area contributed by atoms with Crippen molar-refractivity contribution in [2.75, 3.05) is 0 Å². The van der Waals surface area contributed by atoms with Crippen LogP contribution in [-0.4, -0.2) is 21.3 Å². The molecule has 0 fully saturated rings. The number of aromatic nitrogens is 2. The van der Waals surface area contributed by atoms with Gasteiger partial charge >= 0.3 is 0 Å². The maximum atomic E-state index is 12.1. The van der Waals surface area contributed by atoms with Crippen LogP contribution < -0.4 is 0 Å². The normalized spacial score (nSPS) is 11.0. The lowest BCUT2D eigenvalue weighted by atomic mass is 10.0. The van der Waals surface area contributed by atoms with Crippen molar-refractivity contribution in [2.24, 2.45) is 7.05 Å². The number of halogens is 1. The number of aryl methyl sites for hydroxylation is 4. The van der Waals surface area contributed by atoms with E-state index in [4.69, 9.17) is 20.4 Å². The molecule has 0 spiro atoms. The summed E-state index contributed by atoms with van der Waals surface area (Å²) in [6.07, 6.45) is 5.38. The number of benzene rings is 2. The molecule has 3 heterocycles. The number of nitrogens with zero attached hydrogens (tertiary/aromatic N) is 2. The van der Waals surface area contributed by atoms with E-state index >= 15 is 0 Å². The van der Waals surface area contributed by atoms with E-state index in [1.54, 1.807) is 17.2 Å². The van der Waals surface area contributed by atoms with Gasteiger partial charge in [0.2, 0.25) is 0 Å². The Morgan fingerprint density at radius 1 is 0.833 bits per heavy atom. The van der Waals surface area contributed by atoms with E-state index in [-0.39, 0.29) is 18.0 Å². The topological polar surface area (TPSA) is 78.2 Å². The maximum Gasteiger partial charge on any atom is 0.140 e. The van der Waals surface area contributed by atoms with Gasteiger partial charge in [-0.3, -0.25) is 14.3 Å². The van der Waals surface area contributed by atoms with Crippen LogP contribution in [-0.2, 0) is 35.4 Å². The molecule has 0 bridgehead atoms. The summed E-state index contributed by atoms with van der Waals surface area (Å²) in [5.74, 6) is 0.535. The van der Waals surface area contributed by atoms with Crippen LogP contribution >= 0.6 is 11.6 Å². The first kappa shape index (κ1) is 25.5. The van der Waals surface area contributed by atoms with E-state index in [1.807, 2.05) is 68.6 Å². The molecule has 0 amide bonds. The molecule has 0 saturated heterocycles. The second-order valence-corrected chi connectivity index (χ2v) is 9.14. The first-order valence-electron chi connectivity index (χ1n) is 11.9. The molecule has 6 nitrogen and oxygen atoms in total. The predicted octanol–water partition coefficient (Wildman–Crippen LogP) is 6.74. The Kier molecular flexibility index (Phi) is 8.39. The lowest BCUT2D eigenvalue weighted by Gasteiger charge is -2.03. The van der Waals surface area contributed by atoms with Gasteiger partial charge in [0.25, 0.3) is 0 Å². The zero-order valence-electron chi connectivity index (χ0n) is 20.5.